The monoisotopic (exact) mass is 348 g/mol. The average molecular weight is 348 g/mol. The first-order valence-electron chi connectivity index (χ1n) is 9.31. The van der Waals surface area contributed by atoms with Crippen molar-refractivity contribution in [3.63, 3.8) is 0 Å². The fraction of sp³-hybridized carbons (Fsp3) is 0.524. The maximum absolute atomic E-state index is 14.1. The van der Waals surface area contributed by atoms with Crippen LogP contribution in [0.4, 0.5) is 8.78 Å². The lowest BCUT2D eigenvalue weighted by Crippen LogP contribution is -2.08. The predicted octanol–water partition coefficient (Wildman–Crippen LogP) is 5.83. The highest BCUT2D eigenvalue weighted by atomic mass is 19.2. The van der Waals surface area contributed by atoms with Crippen molar-refractivity contribution in [3.8, 4) is 11.5 Å². The van der Waals surface area contributed by atoms with Crippen molar-refractivity contribution in [1.82, 2.24) is 0 Å². The number of hydrogen-bond donors (Lipinski definition) is 0. The number of ether oxygens (including phenoxy) is 2. The van der Waals surface area contributed by atoms with Crippen LogP contribution < -0.4 is 9.47 Å². The zero-order chi connectivity index (χ0) is 17.5. The third kappa shape index (κ3) is 5.07. The van der Waals surface area contributed by atoms with Crippen molar-refractivity contribution in [2.75, 3.05) is 13.2 Å². The molecule has 2 aliphatic rings. The topological polar surface area (TPSA) is 18.5 Å². The van der Waals surface area contributed by atoms with E-state index in [0.717, 1.165) is 0 Å². The van der Waals surface area contributed by atoms with Gasteiger partial charge < -0.3 is 9.47 Å². The highest BCUT2D eigenvalue weighted by Gasteiger charge is 2.16. The van der Waals surface area contributed by atoms with E-state index in [1.54, 1.807) is 0 Å². The maximum Gasteiger partial charge on any atom is 0.204 e. The Morgan fingerprint density at radius 1 is 0.760 bits per heavy atom. The van der Waals surface area contributed by atoms with Gasteiger partial charge in [0.1, 0.15) is 13.2 Å². The van der Waals surface area contributed by atoms with Crippen molar-refractivity contribution in [2.24, 2.45) is 11.8 Å². The molecule has 0 radical (unpaired) electrons. The molecule has 2 fully saturated rings. The normalized spacial score (nSPS) is 19.0. The molecule has 1 aromatic carbocycles. The molecule has 3 rings (SSSR count). The van der Waals surface area contributed by atoms with Crippen LogP contribution in [0.1, 0.15) is 44.9 Å². The molecular formula is C21H26F2O2. The van der Waals surface area contributed by atoms with Gasteiger partial charge in [-0.2, -0.15) is 8.78 Å². The highest BCUT2D eigenvalue weighted by Crippen LogP contribution is 2.29. The lowest BCUT2D eigenvalue weighted by atomic mass is 9.85. The third-order valence-corrected chi connectivity index (χ3v) is 5.05. The molecular weight excluding hydrogens is 322 g/mol. The van der Waals surface area contributed by atoms with Gasteiger partial charge in [-0.3, -0.25) is 0 Å². The number of benzene rings is 1. The Morgan fingerprint density at radius 3 is 1.60 bits per heavy atom. The van der Waals surface area contributed by atoms with Crippen LogP contribution in [0.5, 0.6) is 11.5 Å². The van der Waals surface area contributed by atoms with Gasteiger partial charge in [0.05, 0.1) is 0 Å². The van der Waals surface area contributed by atoms with Crippen LogP contribution in [0.25, 0.3) is 0 Å². The van der Waals surface area contributed by atoms with Gasteiger partial charge in [-0.1, -0.05) is 43.6 Å². The molecule has 0 bridgehead atoms. The van der Waals surface area contributed by atoms with E-state index in [2.05, 4.69) is 12.2 Å². The molecule has 2 saturated carbocycles. The molecule has 0 amide bonds. The molecule has 25 heavy (non-hydrogen) atoms. The van der Waals surface area contributed by atoms with E-state index in [1.807, 2.05) is 12.2 Å². The largest absolute Gasteiger partial charge is 0.486 e. The minimum absolute atomic E-state index is 0.0778. The minimum Gasteiger partial charge on any atom is -0.486 e. The predicted molar refractivity (Wildman–Crippen MR) is 94.9 cm³/mol. The summed E-state index contributed by atoms with van der Waals surface area (Å²) >= 11 is 0. The van der Waals surface area contributed by atoms with Crippen molar-refractivity contribution in [3.05, 3.63) is 48.1 Å². The van der Waals surface area contributed by atoms with Gasteiger partial charge in [-0.15, -0.1) is 0 Å². The second-order valence-corrected chi connectivity index (χ2v) is 6.90. The van der Waals surface area contributed by atoms with Crippen molar-refractivity contribution < 1.29 is 18.3 Å². The first-order chi connectivity index (χ1) is 12.2. The van der Waals surface area contributed by atoms with E-state index in [1.165, 1.54) is 57.1 Å². The number of halogens is 2. The van der Waals surface area contributed by atoms with E-state index < -0.39 is 11.6 Å². The van der Waals surface area contributed by atoms with Crippen LogP contribution >= 0.6 is 0 Å². The Labute approximate surface area is 148 Å². The van der Waals surface area contributed by atoms with Crippen LogP contribution in [-0.4, -0.2) is 13.2 Å². The maximum atomic E-state index is 14.1. The summed E-state index contributed by atoms with van der Waals surface area (Å²) in [5.74, 6) is -0.910. The highest BCUT2D eigenvalue weighted by molar-refractivity contribution is 5.35. The van der Waals surface area contributed by atoms with E-state index in [-0.39, 0.29) is 24.7 Å². The Kier molecular flexibility index (Phi) is 6.48. The van der Waals surface area contributed by atoms with Crippen LogP contribution in [0.3, 0.4) is 0 Å². The van der Waals surface area contributed by atoms with Crippen molar-refractivity contribution >= 4 is 0 Å². The lowest BCUT2D eigenvalue weighted by Gasteiger charge is -2.21. The smallest absolute Gasteiger partial charge is 0.204 e. The van der Waals surface area contributed by atoms with Crippen LogP contribution in [0.15, 0.2) is 36.4 Å². The molecule has 0 atom stereocenters. The Hall–Kier alpha value is -1.84. The molecule has 136 valence electrons. The van der Waals surface area contributed by atoms with Gasteiger partial charge in [0, 0.05) is 0 Å². The third-order valence-electron chi connectivity index (χ3n) is 5.05. The summed E-state index contributed by atoms with van der Waals surface area (Å²) in [6, 6.07) is 2.85. The molecule has 2 aliphatic carbocycles. The Morgan fingerprint density at radius 2 is 1.20 bits per heavy atom. The molecule has 0 spiro atoms. The number of hydrogen-bond acceptors (Lipinski definition) is 2. The Bertz CT molecular complexity index is 615. The van der Waals surface area contributed by atoms with Gasteiger partial charge in [0.25, 0.3) is 0 Å². The van der Waals surface area contributed by atoms with Gasteiger partial charge in [-0.05, 0) is 49.7 Å². The summed E-state index contributed by atoms with van der Waals surface area (Å²) in [6.07, 6.45) is 16.6. The summed E-state index contributed by atoms with van der Waals surface area (Å²) < 4.78 is 38.8. The van der Waals surface area contributed by atoms with Crippen LogP contribution in [0, 0.1) is 23.5 Å². The second kappa shape index (κ2) is 9.02. The van der Waals surface area contributed by atoms with Gasteiger partial charge >= 0.3 is 0 Å². The van der Waals surface area contributed by atoms with Crippen LogP contribution in [-0.2, 0) is 0 Å². The first kappa shape index (κ1) is 18.0. The van der Waals surface area contributed by atoms with E-state index >= 15 is 0 Å². The standard InChI is InChI=1S/C21H26F2O2/c22-20-18(24-14-4-10-16-6-1-2-7-16)12-13-19(21(20)23)25-15-5-11-17-8-3-9-17/h4-5,10-13,16-17H,1-3,6-9,14-15H2/b10-4+,11-5+. The van der Waals surface area contributed by atoms with E-state index in [9.17, 15) is 8.78 Å². The summed E-state index contributed by atoms with van der Waals surface area (Å²) in [5, 5.41) is 0. The second-order valence-electron chi connectivity index (χ2n) is 6.90. The minimum atomic E-state index is -0.991. The summed E-state index contributed by atoms with van der Waals surface area (Å²) in [4.78, 5) is 0. The molecule has 0 aromatic heterocycles. The summed E-state index contributed by atoms with van der Waals surface area (Å²) in [5.41, 5.74) is 0. The molecule has 1 aromatic rings. The summed E-state index contributed by atoms with van der Waals surface area (Å²) in [7, 11) is 0. The van der Waals surface area contributed by atoms with Crippen LogP contribution in [0.2, 0.25) is 0 Å². The SMILES string of the molecule is Fc1c(OC/C=C/C2CCCC2)ccc(OC/C=C/C2CCC2)c1F. The van der Waals surface area contributed by atoms with Crippen molar-refractivity contribution in [1.29, 1.82) is 0 Å². The first-order valence-corrected chi connectivity index (χ1v) is 9.31. The molecule has 0 saturated heterocycles. The fourth-order valence-electron chi connectivity index (χ4n) is 3.29. The van der Waals surface area contributed by atoms with Gasteiger partial charge in [0.2, 0.25) is 11.6 Å². The lowest BCUT2D eigenvalue weighted by molar-refractivity contribution is 0.307. The molecule has 0 unspecified atom stereocenters. The fourth-order valence-corrected chi connectivity index (χ4v) is 3.29. The quantitative estimate of drug-likeness (QED) is 0.551. The zero-order valence-corrected chi connectivity index (χ0v) is 14.6. The van der Waals surface area contributed by atoms with Gasteiger partial charge in [0.15, 0.2) is 11.5 Å². The molecule has 0 N–H and O–H groups in total. The number of rotatable bonds is 8. The van der Waals surface area contributed by atoms with Gasteiger partial charge in [-0.25, -0.2) is 0 Å². The Balaban J connectivity index is 1.47. The van der Waals surface area contributed by atoms with E-state index in [0.29, 0.717) is 11.8 Å². The molecule has 2 nitrogen and oxygen atoms in total. The van der Waals surface area contributed by atoms with Crippen molar-refractivity contribution in [2.45, 2.75) is 44.9 Å². The van der Waals surface area contributed by atoms with E-state index in [4.69, 9.17) is 9.47 Å². The zero-order valence-electron chi connectivity index (χ0n) is 14.6. The molecule has 4 heteroatoms. The molecule has 0 aliphatic heterocycles. The summed E-state index contributed by atoms with van der Waals surface area (Å²) in [6.45, 7) is 0.494. The average Bonchev–Trinajstić information content (AvgIpc) is 3.08. The number of allylic oxidation sites excluding steroid dienone is 2. The molecule has 0 heterocycles.